The fraction of sp³-hybridized carbons (Fsp3) is 0.200. The molecule has 0 radical (unpaired) electrons. The zero-order valence-corrected chi connectivity index (χ0v) is 13.0. The SMILES string of the molecule is Cc1cc(C)cc(CSc2nc(N)nc3sccc23)c1. The van der Waals surface area contributed by atoms with Gasteiger partial charge in [-0.25, -0.2) is 9.97 Å². The van der Waals surface area contributed by atoms with E-state index in [1.165, 1.54) is 16.7 Å². The molecule has 0 unspecified atom stereocenters. The molecule has 2 aromatic heterocycles. The molecule has 2 N–H and O–H groups in total. The number of fused-ring (bicyclic) bond motifs is 1. The Morgan fingerprint density at radius 2 is 1.90 bits per heavy atom. The van der Waals surface area contributed by atoms with Crippen LogP contribution in [0.25, 0.3) is 10.2 Å². The van der Waals surface area contributed by atoms with Gasteiger partial charge in [0, 0.05) is 11.1 Å². The Hall–Kier alpha value is -1.59. The molecule has 2 heterocycles. The average Bonchev–Trinajstić information content (AvgIpc) is 2.82. The third kappa shape index (κ3) is 2.78. The summed E-state index contributed by atoms with van der Waals surface area (Å²) in [6.07, 6.45) is 0. The Labute approximate surface area is 126 Å². The summed E-state index contributed by atoms with van der Waals surface area (Å²) in [6.45, 7) is 4.25. The van der Waals surface area contributed by atoms with Crippen LogP contribution in [0.5, 0.6) is 0 Å². The maximum Gasteiger partial charge on any atom is 0.222 e. The van der Waals surface area contributed by atoms with Gasteiger partial charge < -0.3 is 5.73 Å². The van der Waals surface area contributed by atoms with Crippen molar-refractivity contribution in [2.24, 2.45) is 0 Å². The molecule has 0 saturated carbocycles. The van der Waals surface area contributed by atoms with Crippen LogP contribution in [0.3, 0.4) is 0 Å². The second-order valence-electron chi connectivity index (χ2n) is 4.81. The summed E-state index contributed by atoms with van der Waals surface area (Å²) in [4.78, 5) is 9.58. The molecule has 3 aromatic rings. The monoisotopic (exact) mass is 301 g/mol. The van der Waals surface area contributed by atoms with E-state index < -0.39 is 0 Å². The number of benzene rings is 1. The molecular formula is C15H15N3S2. The largest absolute Gasteiger partial charge is 0.368 e. The predicted molar refractivity (Wildman–Crippen MR) is 87.3 cm³/mol. The summed E-state index contributed by atoms with van der Waals surface area (Å²) in [6, 6.07) is 8.68. The first-order valence-corrected chi connectivity index (χ1v) is 8.19. The Balaban J connectivity index is 1.88. The minimum absolute atomic E-state index is 0.350. The Morgan fingerprint density at radius 1 is 1.15 bits per heavy atom. The second-order valence-corrected chi connectivity index (χ2v) is 6.67. The molecule has 0 aliphatic carbocycles. The maximum absolute atomic E-state index is 5.77. The van der Waals surface area contributed by atoms with Gasteiger partial charge in [0.05, 0.1) is 0 Å². The molecular weight excluding hydrogens is 286 g/mol. The van der Waals surface area contributed by atoms with Crippen molar-refractivity contribution in [3.05, 3.63) is 46.3 Å². The van der Waals surface area contributed by atoms with Gasteiger partial charge in [0.25, 0.3) is 0 Å². The molecule has 0 aliphatic heterocycles. The number of nitrogen functional groups attached to an aromatic ring is 1. The van der Waals surface area contributed by atoms with Crippen LogP contribution >= 0.6 is 23.1 Å². The summed E-state index contributed by atoms with van der Waals surface area (Å²) >= 11 is 3.31. The smallest absolute Gasteiger partial charge is 0.222 e. The van der Waals surface area contributed by atoms with Crippen LogP contribution in [0, 0.1) is 13.8 Å². The van der Waals surface area contributed by atoms with E-state index in [0.29, 0.717) is 5.95 Å². The Morgan fingerprint density at radius 3 is 2.65 bits per heavy atom. The number of aromatic nitrogens is 2. The van der Waals surface area contributed by atoms with Crippen molar-refractivity contribution >= 4 is 39.3 Å². The van der Waals surface area contributed by atoms with Crippen molar-refractivity contribution in [1.29, 1.82) is 0 Å². The molecule has 102 valence electrons. The lowest BCUT2D eigenvalue weighted by Gasteiger charge is -2.06. The van der Waals surface area contributed by atoms with E-state index in [1.54, 1.807) is 23.1 Å². The van der Waals surface area contributed by atoms with E-state index in [2.05, 4.69) is 48.1 Å². The van der Waals surface area contributed by atoms with E-state index in [-0.39, 0.29) is 0 Å². The number of nitrogens with zero attached hydrogens (tertiary/aromatic N) is 2. The topological polar surface area (TPSA) is 51.8 Å². The van der Waals surface area contributed by atoms with E-state index in [1.807, 2.05) is 5.38 Å². The molecule has 0 amide bonds. The zero-order chi connectivity index (χ0) is 14.1. The quantitative estimate of drug-likeness (QED) is 0.582. The number of aryl methyl sites for hydroxylation is 2. The van der Waals surface area contributed by atoms with Crippen molar-refractivity contribution in [1.82, 2.24) is 9.97 Å². The molecule has 0 fully saturated rings. The first-order valence-electron chi connectivity index (χ1n) is 6.32. The highest BCUT2D eigenvalue weighted by Gasteiger charge is 2.08. The van der Waals surface area contributed by atoms with Crippen molar-refractivity contribution in [3.63, 3.8) is 0 Å². The molecule has 0 aliphatic rings. The molecule has 0 saturated heterocycles. The van der Waals surface area contributed by atoms with Crippen LogP contribution in [0.15, 0.2) is 34.7 Å². The number of thiophene rings is 1. The van der Waals surface area contributed by atoms with Crippen molar-refractivity contribution in [2.45, 2.75) is 24.6 Å². The summed E-state index contributed by atoms with van der Waals surface area (Å²) < 4.78 is 0. The minimum Gasteiger partial charge on any atom is -0.368 e. The molecule has 1 aromatic carbocycles. The van der Waals surface area contributed by atoms with Gasteiger partial charge in [-0.05, 0) is 30.9 Å². The fourth-order valence-electron chi connectivity index (χ4n) is 2.26. The number of rotatable bonds is 3. The van der Waals surface area contributed by atoms with E-state index >= 15 is 0 Å². The lowest BCUT2D eigenvalue weighted by molar-refractivity contribution is 1.12. The van der Waals surface area contributed by atoms with Crippen LogP contribution in [0.2, 0.25) is 0 Å². The van der Waals surface area contributed by atoms with Crippen LogP contribution < -0.4 is 5.73 Å². The number of hydrogen-bond donors (Lipinski definition) is 1. The lowest BCUT2D eigenvalue weighted by Crippen LogP contribution is -1.96. The van der Waals surface area contributed by atoms with Gasteiger partial charge >= 0.3 is 0 Å². The van der Waals surface area contributed by atoms with Gasteiger partial charge in [-0.1, -0.05) is 29.3 Å². The lowest BCUT2D eigenvalue weighted by atomic mass is 10.1. The third-order valence-electron chi connectivity index (χ3n) is 2.96. The molecule has 5 heteroatoms. The molecule has 0 spiro atoms. The van der Waals surface area contributed by atoms with Crippen molar-refractivity contribution in [2.75, 3.05) is 5.73 Å². The molecule has 3 nitrogen and oxygen atoms in total. The first-order chi connectivity index (χ1) is 9.61. The molecule has 20 heavy (non-hydrogen) atoms. The number of nitrogens with two attached hydrogens (primary N) is 1. The minimum atomic E-state index is 0.350. The second kappa shape index (κ2) is 5.42. The van der Waals surface area contributed by atoms with E-state index in [0.717, 1.165) is 21.0 Å². The number of thioether (sulfide) groups is 1. The van der Waals surface area contributed by atoms with Crippen LogP contribution in [-0.2, 0) is 5.75 Å². The van der Waals surface area contributed by atoms with Gasteiger partial charge in [-0.2, -0.15) is 0 Å². The van der Waals surface area contributed by atoms with Gasteiger partial charge in [0.1, 0.15) is 9.86 Å². The van der Waals surface area contributed by atoms with Gasteiger partial charge in [-0.15, -0.1) is 23.1 Å². The maximum atomic E-state index is 5.77. The highest BCUT2D eigenvalue weighted by atomic mass is 32.2. The highest BCUT2D eigenvalue weighted by molar-refractivity contribution is 7.98. The van der Waals surface area contributed by atoms with Crippen LogP contribution in [0.4, 0.5) is 5.95 Å². The normalized spacial score (nSPS) is 11.1. The van der Waals surface area contributed by atoms with Gasteiger partial charge in [0.15, 0.2) is 0 Å². The third-order valence-corrected chi connectivity index (χ3v) is 4.83. The molecule has 3 rings (SSSR count). The summed E-state index contributed by atoms with van der Waals surface area (Å²) in [7, 11) is 0. The summed E-state index contributed by atoms with van der Waals surface area (Å²) in [5, 5.41) is 4.09. The average molecular weight is 301 g/mol. The Bertz CT molecular complexity index is 745. The fourth-order valence-corrected chi connectivity index (χ4v) is 4.04. The number of anilines is 1. The summed E-state index contributed by atoms with van der Waals surface area (Å²) in [5.74, 6) is 1.24. The van der Waals surface area contributed by atoms with Crippen LogP contribution in [0.1, 0.15) is 16.7 Å². The first kappa shape index (κ1) is 13.4. The number of hydrogen-bond acceptors (Lipinski definition) is 5. The zero-order valence-electron chi connectivity index (χ0n) is 11.4. The highest BCUT2D eigenvalue weighted by Crippen LogP contribution is 2.31. The van der Waals surface area contributed by atoms with Gasteiger partial charge in [0.2, 0.25) is 5.95 Å². The molecule has 0 atom stereocenters. The van der Waals surface area contributed by atoms with Crippen molar-refractivity contribution in [3.8, 4) is 0 Å². The van der Waals surface area contributed by atoms with Crippen molar-refractivity contribution < 1.29 is 0 Å². The summed E-state index contributed by atoms with van der Waals surface area (Å²) in [5.41, 5.74) is 9.67. The van der Waals surface area contributed by atoms with Gasteiger partial charge in [-0.3, -0.25) is 0 Å². The van der Waals surface area contributed by atoms with E-state index in [4.69, 9.17) is 5.73 Å². The predicted octanol–water partition coefficient (Wildman–Crippen LogP) is 4.18. The Kier molecular flexibility index (Phi) is 3.63. The standard InChI is InChI=1S/C15H15N3S2/c1-9-5-10(2)7-11(6-9)8-20-14-12-3-4-19-13(12)17-15(16)18-14/h3-7H,8H2,1-2H3,(H2,16,17,18). The van der Waals surface area contributed by atoms with E-state index in [9.17, 15) is 0 Å². The van der Waals surface area contributed by atoms with Crippen LogP contribution in [-0.4, -0.2) is 9.97 Å². The molecule has 0 bridgehead atoms.